The zero-order chi connectivity index (χ0) is 16.9. The monoisotopic (exact) mass is 408 g/mol. The second-order valence-electron chi connectivity index (χ2n) is 5.05. The number of nitrogens with one attached hydrogen (secondary N) is 2. The van der Waals surface area contributed by atoms with E-state index in [4.69, 9.17) is 4.42 Å². The minimum Gasteiger partial charge on any atom is -0.461 e. The van der Waals surface area contributed by atoms with Crippen molar-refractivity contribution in [3.8, 4) is 11.6 Å². The fourth-order valence-corrected chi connectivity index (χ4v) is 3.72. The first-order valence-electron chi connectivity index (χ1n) is 7.27. The van der Waals surface area contributed by atoms with Gasteiger partial charge in [-0.3, -0.25) is 10.1 Å². The zero-order valence-electron chi connectivity index (χ0n) is 13.3. The molecule has 126 valence electrons. The van der Waals surface area contributed by atoms with Gasteiger partial charge in [0.15, 0.2) is 11.7 Å². The number of guanidine groups is 1. The van der Waals surface area contributed by atoms with E-state index < -0.39 is 0 Å². The number of nitrogens with zero attached hydrogens (tertiary/aromatic N) is 4. The largest absolute Gasteiger partial charge is 0.461 e. The molecule has 0 radical (unpaired) electrons. The van der Waals surface area contributed by atoms with Crippen LogP contribution in [0.3, 0.4) is 0 Å². The predicted molar refractivity (Wildman–Crippen MR) is 97.8 cm³/mol. The van der Waals surface area contributed by atoms with E-state index in [0.29, 0.717) is 18.1 Å². The molecule has 0 bridgehead atoms. The number of hydrogen-bond acceptors (Lipinski definition) is 5. The Morgan fingerprint density at radius 2 is 2.33 bits per heavy atom. The van der Waals surface area contributed by atoms with E-state index >= 15 is 0 Å². The number of aromatic amines is 1. The summed E-state index contributed by atoms with van der Waals surface area (Å²) >= 11 is 5.20. The van der Waals surface area contributed by atoms with Gasteiger partial charge in [0, 0.05) is 19.0 Å². The van der Waals surface area contributed by atoms with Gasteiger partial charge in [0.1, 0.15) is 5.82 Å². The maximum atomic E-state index is 5.29. The summed E-state index contributed by atoms with van der Waals surface area (Å²) in [7, 11) is 3.76. The first-order valence-corrected chi connectivity index (χ1v) is 8.88. The molecule has 24 heavy (non-hydrogen) atoms. The van der Waals surface area contributed by atoms with Gasteiger partial charge in [-0.05, 0) is 40.2 Å². The molecular weight excluding hydrogens is 392 g/mol. The van der Waals surface area contributed by atoms with Crippen LogP contribution < -0.4 is 5.32 Å². The highest BCUT2D eigenvalue weighted by Crippen LogP contribution is 2.23. The Morgan fingerprint density at radius 1 is 1.46 bits per heavy atom. The topological polar surface area (TPSA) is 82.3 Å². The molecule has 0 aromatic carbocycles. The maximum Gasteiger partial charge on any atom is 0.216 e. The minimum atomic E-state index is 0.499. The summed E-state index contributed by atoms with van der Waals surface area (Å²) in [6, 6.07) is 7.79. The van der Waals surface area contributed by atoms with E-state index in [9.17, 15) is 0 Å². The van der Waals surface area contributed by atoms with Crippen molar-refractivity contribution >= 4 is 33.2 Å². The molecule has 0 saturated heterocycles. The summed E-state index contributed by atoms with van der Waals surface area (Å²) in [6.45, 7) is 1.28. The van der Waals surface area contributed by atoms with Crippen molar-refractivity contribution in [3.63, 3.8) is 0 Å². The molecule has 0 unspecified atom stereocenters. The van der Waals surface area contributed by atoms with Crippen molar-refractivity contribution in [1.29, 1.82) is 0 Å². The zero-order valence-corrected chi connectivity index (χ0v) is 15.7. The Hall–Kier alpha value is -2.13. The number of aromatic nitrogens is 3. The number of furan rings is 1. The summed E-state index contributed by atoms with van der Waals surface area (Å²) < 4.78 is 6.41. The highest BCUT2D eigenvalue weighted by Gasteiger charge is 2.11. The van der Waals surface area contributed by atoms with E-state index in [1.807, 2.05) is 19.2 Å². The third kappa shape index (κ3) is 4.04. The van der Waals surface area contributed by atoms with Gasteiger partial charge in [0.2, 0.25) is 5.82 Å². The van der Waals surface area contributed by atoms with Crippen LogP contribution in [0.2, 0.25) is 0 Å². The van der Waals surface area contributed by atoms with Crippen molar-refractivity contribution in [1.82, 2.24) is 25.4 Å². The molecule has 0 aliphatic heterocycles. The molecule has 0 saturated carbocycles. The molecule has 7 nitrogen and oxygen atoms in total. The number of thiophene rings is 1. The minimum absolute atomic E-state index is 0.499. The normalized spacial score (nSPS) is 11.7. The van der Waals surface area contributed by atoms with Crippen molar-refractivity contribution in [2.75, 3.05) is 14.1 Å². The van der Waals surface area contributed by atoms with Gasteiger partial charge in [0.05, 0.1) is 23.1 Å². The van der Waals surface area contributed by atoms with Crippen molar-refractivity contribution < 1.29 is 4.42 Å². The Kier molecular flexibility index (Phi) is 5.31. The molecule has 0 amide bonds. The molecule has 3 aromatic rings. The maximum absolute atomic E-state index is 5.29. The molecule has 9 heteroatoms. The highest BCUT2D eigenvalue weighted by atomic mass is 79.9. The molecule has 3 rings (SSSR count). The van der Waals surface area contributed by atoms with Gasteiger partial charge in [-0.25, -0.2) is 4.98 Å². The van der Waals surface area contributed by atoms with Gasteiger partial charge < -0.3 is 14.6 Å². The smallest absolute Gasteiger partial charge is 0.216 e. The first-order chi connectivity index (χ1) is 11.7. The standard InChI is InChI=1S/C15H17BrN6OS/c1-17-15(22(2)9-10-5-6-12(16)24-10)18-8-13-19-14(21-20-13)11-4-3-7-23-11/h3-7H,8-9H2,1-2H3,(H,17,18)(H,19,20,21). The lowest BCUT2D eigenvalue weighted by atomic mass is 10.4. The fraction of sp³-hybridized carbons (Fsp3) is 0.267. The van der Waals surface area contributed by atoms with Gasteiger partial charge in [-0.1, -0.05) is 0 Å². The molecule has 3 aromatic heterocycles. The Bertz CT molecular complexity index is 810. The Labute approximate surface area is 151 Å². The van der Waals surface area contributed by atoms with E-state index in [0.717, 1.165) is 22.1 Å². The van der Waals surface area contributed by atoms with E-state index in [-0.39, 0.29) is 0 Å². The Morgan fingerprint density at radius 3 is 3.00 bits per heavy atom. The van der Waals surface area contributed by atoms with Crippen LogP contribution in [0.15, 0.2) is 43.7 Å². The molecule has 0 aliphatic rings. The van der Waals surface area contributed by atoms with Crippen molar-refractivity contribution in [2.24, 2.45) is 4.99 Å². The van der Waals surface area contributed by atoms with Crippen LogP contribution in [0.1, 0.15) is 10.7 Å². The third-order valence-electron chi connectivity index (χ3n) is 3.28. The van der Waals surface area contributed by atoms with Gasteiger partial charge >= 0.3 is 0 Å². The van der Waals surface area contributed by atoms with Crippen LogP contribution in [0.5, 0.6) is 0 Å². The van der Waals surface area contributed by atoms with Gasteiger partial charge in [-0.2, -0.15) is 0 Å². The summed E-state index contributed by atoms with van der Waals surface area (Å²) in [5, 5.41) is 10.3. The number of H-pyrrole nitrogens is 1. The van der Waals surface area contributed by atoms with E-state index in [1.54, 1.807) is 24.6 Å². The number of hydrogen-bond donors (Lipinski definition) is 2. The van der Waals surface area contributed by atoms with Crippen LogP contribution in [-0.2, 0) is 13.1 Å². The second kappa shape index (κ2) is 7.63. The van der Waals surface area contributed by atoms with Gasteiger partial charge in [0.25, 0.3) is 0 Å². The SMILES string of the molecule is CN=C(NCc1nc(-c2ccco2)n[nH]1)N(C)Cc1ccc(Br)s1. The molecule has 0 spiro atoms. The van der Waals surface area contributed by atoms with E-state index in [2.05, 4.69) is 58.5 Å². The average molecular weight is 409 g/mol. The Balaban J connectivity index is 1.58. The quantitative estimate of drug-likeness (QED) is 0.500. The summed E-state index contributed by atoms with van der Waals surface area (Å²) in [5.41, 5.74) is 0. The highest BCUT2D eigenvalue weighted by molar-refractivity contribution is 9.11. The molecule has 0 aliphatic carbocycles. The van der Waals surface area contributed by atoms with Crippen LogP contribution in [-0.4, -0.2) is 40.1 Å². The molecular formula is C15H17BrN6OS. The third-order valence-corrected chi connectivity index (χ3v) is 4.89. The van der Waals surface area contributed by atoms with Crippen molar-refractivity contribution in [3.05, 3.63) is 45.0 Å². The molecule has 3 heterocycles. The summed E-state index contributed by atoms with van der Waals surface area (Å²) in [5.74, 6) is 2.69. The molecule has 0 fully saturated rings. The lowest BCUT2D eigenvalue weighted by Crippen LogP contribution is -2.38. The van der Waals surface area contributed by atoms with Crippen LogP contribution in [0, 0.1) is 0 Å². The van der Waals surface area contributed by atoms with Crippen LogP contribution in [0.4, 0.5) is 0 Å². The lowest BCUT2D eigenvalue weighted by Gasteiger charge is -2.20. The summed E-state index contributed by atoms with van der Waals surface area (Å²) in [6.07, 6.45) is 1.60. The number of halogens is 1. The van der Waals surface area contributed by atoms with Gasteiger partial charge in [-0.15, -0.1) is 16.4 Å². The fourth-order valence-electron chi connectivity index (χ4n) is 2.18. The predicted octanol–water partition coefficient (Wildman–Crippen LogP) is 3.10. The van der Waals surface area contributed by atoms with Crippen molar-refractivity contribution in [2.45, 2.75) is 13.1 Å². The molecule has 0 atom stereocenters. The average Bonchev–Trinajstić information content (AvgIpc) is 3.29. The van der Waals surface area contributed by atoms with Crippen LogP contribution in [0.25, 0.3) is 11.6 Å². The first kappa shape index (κ1) is 16.7. The van der Waals surface area contributed by atoms with E-state index in [1.165, 1.54) is 4.88 Å². The number of aliphatic imine (C=N–C) groups is 1. The second-order valence-corrected chi connectivity index (χ2v) is 7.59. The lowest BCUT2D eigenvalue weighted by molar-refractivity contribution is 0.480. The molecule has 2 N–H and O–H groups in total. The summed E-state index contributed by atoms with van der Waals surface area (Å²) in [4.78, 5) is 12.0. The number of rotatable bonds is 5. The van der Waals surface area contributed by atoms with Crippen LogP contribution >= 0.6 is 27.3 Å².